The highest BCUT2D eigenvalue weighted by Crippen LogP contribution is 2.69. The van der Waals surface area contributed by atoms with Crippen LogP contribution in [0, 0.1) is 63.6 Å². The molecular weight excluding hydrogens is 342 g/mol. The third-order valence-electron chi connectivity index (χ3n) is 10.8. The molecule has 4 saturated carbocycles. The summed E-state index contributed by atoms with van der Waals surface area (Å²) in [6.45, 7) is 10.1. The Kier molecular flexibility index (Phi) is 5.63. The zero-order chi connectivity index (χ0) is 20.1. The van der Waals surface area contributed by atoms with Crippen LogP contribution in [-0.4, -0.2) is 11.2 Å². The first-order valence-electron chi connectivity index (χ1n) is 12.4. The summed E-state index contributed by atoms with van der Waals surface area (Å²) in [5.41, 5.74) is 0.973. The van der Waals surface area contributed by atoms with Gasteiger partial charge in [-0.3, -0.25) is 0 Å². The van der Waals surface area contributed by atoms with Crippen LogP contribution in [0.5, 0.6) is 0 Å². The number of rotatable bonds is 4. The number of aliphatic hydroxyl groups excluding tert-OH is 1. The molecule has 0 radical (unpaired) electrons. The van der Waals surface area contributed by atoms with Gasteiger partial charge in [-0.15, -0.1) is 0 Å². The second-order valence-corrected chi connectivity index (χ2v) is 11.7. The van der Waals surface area contributed by atoms with Crippen molar-refractivity contribution >= 4 is 0 Å². The summed E-state index contributed by atoms with van der Waals surface area (Å²) >= 11 is 0. The van der Waals surface area contributed by atoms with Gasteiger partial charge in [-0.2, -0.15) is 5.26 Å². The molecule has 4 fully saturated rings. The zero-order valence-corrected chi connectivity index (χ0v) is 18.8. The smallest absolute Gasteiger partial charge is 0.0621 e. The van der Waals surface area contributed by atoms with Crippen LogP contribution >= 0.6 is 0 Å². The van der Waals surface area contributed by atoms with Gasteiger partial charge < -0.3 is 5.11 Å². The van der Waals surface area contributed by atoms with Crippen LogP contribution in [-0.2, 0) is 0 Å². The van der Waals surface area contributed by atoms with E-state index in [1.165, 1.54) is 44.9 Å². The molecular formula is C26H43NO. The Morgan fingerprint density at radius 1 is 1.00 bits per heavy atom. The van der Waals surface area contributed by atoms with Crippen LogP contribution in [0.1, 0.15) is 98.3 Å². The Balaban J connectivity index is 1.59. The first-order valence-corrected chi connectivity index (χ1v) is 12.4. The molecule has 158 valence electrons. The van der Waals surface area contributed by atoms with E-state index in [0.29, 0.717) is 16.7 Å². The van der Waals surface area contributed by atoms with Crippen molar-refractivity contribution in [1.82, 2.24) is 0 Å². The molecule has 1 unspecified atom stereocenters. The highest BCUT2D eigenvalue weighted by molar-refractivity contribution is 5.11. The molecule has 1 N–H and O–H groups in total. The van der Waals surface area contributed by atoms with Crippen molar-refractivity contribution in [2.75, 3.05) is 0 Å². The van der Waals surface area contributed by atoms with Crippen molar-refractivity contribution < 1.29 is 5.11 Å². The normalized spacial score (nSPS) is 51.5. The fourth-order valence-corrected chi connectivity index (χ4v) is 9.40. The molecule has 0 heterocycles. The number of nitriles is 1. The van der Waals surface area contributed by atoms with E-state index < -0.39 is 0 Å². The van der Waals surface area contributed by atoms with Crippen molar-refractivity contribution in [3.8, 4) is 6.07 Å². The molecule has 0 bridgehead atoms. The number of fused-ring (bicyclic) bond motifs is 5. The van der Waals surface area contributed by atoms with Crippen molar-refractivity contribution in [3.05, 3.63) is 0 Å². The largest absolute Gasteiger partial charge is 0.393 e. The molecule has 0 amide bonds. The lowest BCUT2D eigenvalue weighted by molar-refractivity contribution is -0.152. The van der Waals surface area contributed by atoms with E-state index in [1.54, 1.807) is 0 Å². The van der Waals surface area contributed by atoms with Crippen molar-refractivity contribution in [3.63, 3.8) is 0 Å². The van der Waals surface area contributed by atoms with E-state index in [9.17, 15) is 5.11 Å². The lowest BCUT2D eigenvalue weighted by Gasteiger charge is -2.63. The van der Waals surface area contributed by atoms with E-state index in [1.807, 2.05) is 0 Å². The van der Waals surface area contributed by atoms with Crippen molar-refractivity contribution in [2.45, 2.75) is 104 Å². The summed E-state index contributed by atoms with van der Waals surface area (Å²) in [5, 5.41) is 19.5. The van der Waals surface area contributed by atoms with E-state index in [0.717, 1.165) is 61.2 Å². The maximum absolute atomic E-state index is 10.4. The molecule has 0 aliphatic heterocycles. The van der Waals surface area contributed by atoms with Crippen molar-refractivity contribution in [1.29, 1.82) is 5.26 Å². The molecule has 2 heteroatoms. The Morgan fingerprint density at radius 2 is 1.71 bits per heavy atom. The first-order chi connectivity index (χ1) is 13.3. The summed E-state index contributed by atoms with van der Waals surface area (Å²) < 4.78 is 0. The molecule has 10 atom stereocenters. The third kappa shape index (κ3) is 3.07. The number of aliphatic hydroxyl groups is 1. The Morgan fingerprint density at radius 3 is 2.43 bits per heavy atom. The van der Waals surface area contributed by atoms with E-state index in [2.05, 4.69) is 33.8 Å². The van der Waals surface area contributed by atoms with Gasteiger partial charge >= 0.3 is 0 Å². The number of nitrogens with zero attached hydrogens (tertiary/aromatic N) is 1. The summed E-state index contributed by atoms with van der Waals surface area (Å²) in [6.07, 6.45) is 13.5. The van der Waals surface area contributed by atoms with Gasteiger partial charge in [-0.1, -0.05) is 34.1 Å². The number of hydrogen-bond acceptors (Lipinski definition) is 2. The Bertz CT molecular complexity index is 610. The molecule has 0 saturated heterocycles. The summed E-state index contributed by atoms with van der Waals surface area (Å²) in [4.78, 5) is 0. The first kappa shape index (κ1) is 20.7. The topological polar surface area (TPSA) is 44.0 Å². The van der Waals surface area contributed by atoms with E-state index in [-0.39, 0.29) is 6.10 Å². The Labute approximate surface area is 173 Å². The maximum Gasteiger partial charge on any atom is 0.0621 e. The molecule has 4 aliphatic carbocycles. The van der Waals surface area contributed by atoms with Gasteiger partial charge in [-0.05, 0) is 110 Å². The predicted molar refractivity (Wildman–Crippen MR) is 114 cm³/mol. The van der Waals surface area contributed by atoms with Crippen LogP contribution in [0.4, 0.5) is 0 Å². The van der Waals surface area contributed by atoms with Gasteiger partial charge in [0.1, 0.15) is 0 Å². The monoisotopic (exact) mass is 385 g/mol. The van der Waals surface area contributed by atoms with Crippen molar-refractivity contribution in [2.24, 2.45) is 52.3 Å². The minimum atomic E-state index is -0.0469. The predicted octanol–water partition coefficient (Wildman–Crippen LogP) is 6.58. The molecule has 4 aliphatic rings. The Hall–Kier alpha value is -0.550. The highest BCUT2D eigenvalue weighted by Gasteiger charge is 2.62. The SMILES string of the molecule is CC[C@H]1C[C@H]2C3CC[C@H]([C@H](C)CCC#N)[C@@]3(C)CC[C@@H]2[C@@]2(C)CC[C@@H](O)C[C@@H]12. The molecule has 2 nitrogen and oxygen atoms in total. The van der Waals surface area contributed by atoms with Gasteiger partial charge in [0, 0.05) is 6.42 Å². The fraction of sp³-hybridized carbons (Fsp3) is 0.962. The minimum absolute atomic E-state index is 0.0469. The fourth-order valence-electron chi connectivity index (χ4n) is 9.40. The van der Waals surface area contributed by atoms with Gasteiger partial charge in [0.15, 0.2) is 0 Å². The molecule has 28 heavy (non-hydrogen) atoms. The quantitative estimate of drug-likeness (QED) is 0.594. The second-order valence-electron chi connectivity index (χ2n) is 11.7. The second kappa shape index (κ2) is 7.61. The van der Waals surface area contributed by atoms with Gasteiger partial charge in [-0.25, -0.2) is 0 Å². The van der Waals surface area contributed by atoms with E-state index in [4.69, 9.17) is 5.26 Å². The average Bonchev–Trinajstić information content (AvgIpc) is 3.03. The lowest BCUT2D eigenvalue weighted by atomic mass is 9.42. The minimum Gasteiger partial charge on any atom is -0.393 e. The third-order valence-corrected chi connectivity index (χ3v) is 10.8. The molecule has 4 rings (SSSR count). The van der Waals surface area contributed by atoms with Gasteiger partial charge in [0.05, 0.1) is 12.2 Å². The van der Waals surface area contributed by atoms with E-state index >= 15 is 0 Å². The average molecular weight is 386 g/mol. The lowest BCUT2D eigenvalue weighted by Crippen LogP contribution is -2.56. The standard InChI is InChI=1S/C26H43NO/c1-5-18-15-20-22-9-8-21(17(2)7-6-14-27)25(22,3)13-11-23(20)26(4)12-10-19(28)16-24(18)26/h17-24,28H,5-13,15-16H2,1-4H3/t17-,18+,19-,20+,21-,22?,23+,24+,25-,26-/m1/s1. The van der Waals surface area contributed by atoms with Gasteiger partial charge in [0.25, 0.3) is 0 Å². The van der Waals surface area contributed by atoms with Crippen LogP contribution in [0.3, 0.4) is 0 Å². The summed E-state index contributed by atoms with van der Waals surface area (Å²) in [6, 6.07) is 2.38. The van der Waals surface area contributed by atoms with Crippen LogP contribution in [0.2, 0.25) is 0 Å². The summed E-state index contributed by atoms with van der Waals surface area (Å²) in [5.74, 6) is 5.79. The number of hydrogen-bond donors (Lipinski definition) is 1. The molecule has 0 aromatic rings. The zero-order valence-electron chi connectivity index (χ0n) is 18.8. The molecule has 0 aromatic carbocycles. The van der Waals surface area contributed by atoms with Crippen LogP contribution in [0.25, 0.3) is 0 Å². The van der Waals surface area contributed by atoms with Crippen LogP contribution < -0.4 is 0 Å². The maximum atomic E-state index is 10.4. The summed E-state index contributed by atoms with van der Waals surface area (Å²) in [7, 11) is 0. The van der Waals surface area contributed by atoms with Gasteiger partial charge in [0.2, 0.25) is 0 Å². The highest BCUT2D eigenvalue weighted by atomic mass is 16.3. The molecule has 0 aromatic heterocycles. The van der Waals surface area contributed by atoms with Crippen LogP contribution in [0.15, 0.2) is 0 Å². The molecule has 0 spiro atoms.